The molecule has 0 heterocycles. The first-order valence-electron chi connectivity index (χ1n) is 6.56. The number of oxime groups is 1. The van der Waals surface area contributed by atoms with Crippen molar-refractivity contribution in [1.82, 2.24) is 5.32 Å². The zero-order chi connectivity index (χ0) is 15.9. The fourth-order valence-corrected chi connectivity index (χ4v) is 1.84. The van der Waals surface area contributed by atoms with Crippen molar-refractivity contribution in [2.24, 2.45) is 5.16 Å². The lowest BCUT2D eigenvalue weighted by molar-refractivity contribution is -0.114. The van der Waals surface area contributed by atoms with Gasteiger partial charge < -0.3 is 20.0 Å². The zero-order valence-electron chi connectivity index (χ0n) is 12.2. The van der Waals surface area contributed by atoms with E-state index < -0.39 is 5.91 Å². The monoisotopic (exact) mass is 300 g/mol. The Bertz CT molecular complexity index is 698. The number of nitrogens with one attached hydrogen (secondary N) is 1. The molecule has 0 radical (unpaired) electrons. The summed E-state index contributed by atoms with van der Waals surface area (Å²) in [6.07, 6.45) is 0. The molecular weight excluding hydrogens is 284 g/mol. The van der Waals surface area contributed by atoms with E-state index in [1.807, 2.05) is 0 Å². The molecule has 0 fully saturated rings. The highest BCUT2D eigenvalue weighted by Gasteiger charge is 2.19. The second-order valence-electron chi connectivity index (χ2n) is 4.27. The normalized spacial score (nSPS) is 10.9. The van der Waals surface area contributed by atoms with E-state index in [1.54, 1.807) is 42.5 Å². The molecule has 0 saturated heterocycles. The van der Waals surface area contributed by atoms with Crippen LogP contribution in [0.15, 0.2) is 53.7 Å². The summed E-state index contributed by atoms with van der Waals surface area (Å²) in [6.45, 7) is 0. The van der Waals surface area contributed by atoms with Crippen molar-refractivity contribution in [1.29, 1.82) is 0 Å². The molecule has 0 saturated carbocycles. The number of phenols is 1. The summed E-state index contributed by atoms with van der Waals surface area (Å²) in [5.74, 6) is 0.254. The van der Waals surface area contributed by atoms with Gasteiger partial charge in [0.25, 0.3) is 5.91 Å². The molecule has 0 aliphatic rings. The van der Waals surface area contributed by atoms with Gasteiger partial charge in [-0.2, -0.15) is 0 Å². The molecule has 1 amide bonds. The van der Waals surface area contributed by atoms with Crippen molar-refractivity contribution in [3.63, 3.8) is 0 Å². The topological polar surface area (TPSA) is 80.2 Å². The SMILES string of the molecule is CNC(=O)/C(=N/OC)c1ccccc1Oc1ccccc1O. The molecule has 22 heavy (non-hydrogen) atoms. The Labute approximate surface area is 128 Å². The number of benzene rings is 2. The van der Waals surface area contributed by atoms with Crippen molar-refractivity contribution in [3.8, 4) is 17.2 Å². The minimum absolute atomic E-state index is 0.00229. The molecule has 0 atom stereocenters. The number of carbonyl (C=O) groups is 1. The van der Waals surface area contributed by atoms with Crippen molar-refractivity contribution in [3.05, 3.63) is 54.1 Å². The first kappa shape index (κ1) is 15.4. The fourth-order valence-electron chi connectivity index (χ4n) is 1.84. The van der Waals surface area contributed by atoms with E-state index in [9.17, 15) is 9.90 Å². The van der Waals surface area contributed by atoms with Crippen LogP contribution >= 0.6 is 0 Å². The molecule has 0 bridgehead atoms. The van der Waals surface area contributed by atoms with Crippen LogP contribution in [0, 0.1) is 0 Å². The number of hydrogen-bond donors (Lipinski definition) is 2. The summed E-state index contributed by atoms with van der Waals surface area (Å²) in [5.41, 5.74) is 0.531. The van der Waals surface area contributed by atoms with Crippen LogP contribution in [0.1, 0.15) is 5.56 Å². The summed E-state index contributed by atoms with van der Waals surface area (Å²) in [6, 6.07) is 13.4. The Morgan fingerprint density at radius 3 is 2.36 bits per heavy atom. The number of amides is 1. The highest BCUT2D eigenvalue weighted by molar-refractivity contribution is 6.45. The third kappa shape index (κ3) is 3.35. The molecule has 114 valence electrons. The molecule has 0 aliphatic carbocycles. The van der Waals surface area contributed by atoms with Gasteiger partial charge in [0.15, 0.2) is 17.2 Å². The third-order valence-corrected chi connectivity index (χ3v) is 2.85. The molecule has 6 nitrogen and oxygen atoms in total. The van der Waals surface area contributed by atoms with Gasteiger partial charge in [0.2, 0.25) is 0 Å². The number of ether oxygens (including phenoxy) is 1. The van der Waals surface area contributed by atoms with E-state index in [0.29, 0.717) is 11.3 Å². The van der Waals surface area contributed by atoms with Gasteiger partial charge in [0.05, 0.1) is 5.56 Å². The second kappa shape index (κ2) is 7.12. The van der Waals surface area contributed by atoms with Crippen molar-refractivity contribution in [2.45, 2.75) is 0 Å². The number of phenolic OH excluding ortho intramolecular Hbond substituents is 1. The smallest absolute Gasteiger partial charge is 0.273 e. The van der Waals surface area contributed by atoms with Crippen molar-refractivity contribution < 1.29 is 19.5 Å². The molecule has 0 spiro atoms. The van der Waals surface area contributed by atoms with Crippen LogP contribution in [0.25, 0.3) is 0 Å². The third-order valence-electron chi connectivity index (χ3n) is 2.85. The van der Waals surface area contributed by atoms with Gasteiger partial charge in [-0.15, -0.1) is 0 Å². The Morgan fingerprint density at radius 1 is 1.09 bits per heavy atom. The lowest BCUT2D eigenvalue weighted by atomic mass is 10.1. The molecule has 0 aromatic heterocycles. The van der Waals surface area contributed by atoms with Crippen LogP contribution in [0.4, 0.5) is 0 Å². The van der Waals surface area contributed by atoms with Gasteiger partial charge in [0.1, 0.15) is 12.9 Å². The minimum Gasteiger partial charge on any atom is -0.504 e. The van der Waals surface area contributed by atoms with E-state index in [4.69, 9.17) is 9.57 Å². The Hall–Kier alpha value is -3.02. The Balaban J connectivity index is 2.44. The maximum atomic E-state index is 11.9. The van der Waals surface area contributed by atoms with E-state index in [-0.39, 0.29) is 17.2 Å². The summed E-state index contributed by atoms with van der Waals surface area (Å²) in [5, 5.41) is 16.0. The molecule has 2 aromatic rings. The van der Waals surface area contributed by atoms with Crippen molar-refractivity contribution in [2.75, 3.05) is 14.2 Å². The molecule has 2 rings (SSSR count). The fraction of sp³-hybridized carbons (Fsp3) is 0.125. The maximum Gasteiger partial charge on any atom is 0.273 e. The summed E-state index contributed by atoms with van der Waals surface area (Å²) >= 11 is 0. The van der Waals surface area contributed by atoms with Crippen LogP contribution in [0.5, 0.6) is 17.2 Å². The maximum absolute atomic E-state index is 11.9. The molecular formula is C16H16N2O4. The van der Waals surface area contributed by atoms with E-state index in [0.717, 1.165) is 0 Å². The quantitative estimate of drug-likeness (QED) is 0.656. The number of aromatic hydroxyl groups is 1. The Morgan fingerprint density at radius 2 is 1.73 bits per heavy atom. The summed E-state index contributed by atoms with van der Waals surface area (Å²) < 4.78 is 5.70. The zero-order valence-corrected chi connectivity index (χ0v) is 12.2. The number of likely N-dealkylation sites (N-methyl/N-ethyl adjacent to an activating group) is 1. The summed E-state index contributed by atoms with van der Waals surface area (Å²) in [4.78, 5) is 16.7. The van der Waals surface area contributed by atoms with Gasteiger partial charge >= 0.3 is 0 Å². The average Bonchev–Trinajstić information content (AvgIpc) is 2.55. The molecule has 0 aliphatic heterocycles. The lowest BCUT2D eigenvalue weighted by Gasteiger charge is -2.12. The van der Waals surface area contributed by atoms with Gasteiger partial charge in [-0.25, -0.2) is 0 Å². The predicted octanol–water partition coefficient (Wildman–Crippen LogP) is 2.28. The minimum atomic E-state index is -0.407. The Kier molecular flexibility index (Phi) is 4.98. The predicted molar refractivity (Wildman–Crippen MR) is 82.2 cm³/mol. The number of hydrogen-bond acceptors (Lipinski definition) is 5. The number of nitrogens with zero attached hydrogens (tertiary/aromatic N) is 1. The first-order chi connectivity index (χ1) is 10.7. The second-order valence-corrected chi connectivity index (χ2v) is 4.27. The highest BCUT2D eigenvalue weighted by atomic mass is 16.6. The number of carbonyl (C=O) groups excluding carboxylic acids is 1. The standard InChI is InChI=1S/C16H16N2O4/c1-17-16(20)15(18-21-2)11-7-3-5-9-13(11)22-14-10-6-4-8-12(14)19/h3-10,19H,1-2H3,(H,17,20)/b18-15+. The van der Waals surface area contributed by atoms with E-state index in [2.05, 4.69) is 10.5 Å². The van der Waals surface area contributed by atoms with Crippen LogP contribution < -0.4 is 10.1 Å². The number of rotatable bonds is 5. The molecule has 2 aromatic carbocycles. The van der Waals surface area contributed by atoms with Crippen LogP contribution in [0.2, 0.25) is 0 Å². The van der Waals surface area contributed by atoms with Gasteiger partial charge in [-0.3, -0.25) is 4.79 Å². The first-order valence-corrected chi connectivity index (χ1v) is 6.56. The highest BCUT2D eigenvalue weighted by Crippen LogP contribution is 2.32. The van der Waals surface area contributed by atoms with E-state index >= 15 is 0 Å². The lowest BCUT2D eigenvalue weighted by Crippen LogP contribution is -2.28. The molecule has 2 N–H and O–H groups in total. The largest absolute Gasteiger partial charge is 0.504 e. The van der Waals surface area contributed by atoms with Crippen molar-refractivity contribution >= 4 is 11.6 Å². The van der Waals surface area contributed by atoms with Crippen LogP contribution in [-0.2, 0) is 9.63 Å². The van der Waals surface area contributed by atoms with Gasteiger partial charge in [-0.1, -0.05) is 29.4 Å². The van der Waals surface area contributed by atoms with Gasteiger partial charge in [0, 0.05) is 7.05 Å². The van der Waals surface area contributed by atoms with E-state index in [1.165, 1.54) is 20.2 Å². The average molecular weight is 300 g/mol. The van der Waals surface area contributed by atoms with Crippen LogP contribution in [0.3, 0.4) is 0 Å². The molecule has 0 unspecified atom stereocenters. The summed E-state index contributed by atoms with van der Waals surface area (Å²) in [7, 11) is 2.86. The van der Waals surface area contributed by atoms with Gasteiger partial charge in [-0.05, 0) is 24.3 Å². The molecule has 6 heteroatoms. The number of para-hydroxylation sites is 3. The van der Waals surface area contributed by atoms with Crippen LogP contribution in [-0.4, -0.2) is 30.9 Å².